The zero-order chi connectivity index (χ0) is 23.5. The van der Waals surface area contributed by atoms with Crippen LogP contribution in [0, 0.1) is 0 Å². The number of carbonyl (C=O) groups excluding carboxylic acids is 2. The molecule has 1 fully saturated rings. The van der Waals surface area contributed by atoms with E-state index in [1.807, 2.05) is 37.4 Å². The van der Waals surface area contributed by atoms with Gasteiger partial charge < -0.3 is 14.9 Å². The number of carbonyl (C=O) groups is 3. The zero-order valence-electron chi connectivity index (χ0n) is 19.1. The molecule has 2 aromatic rings. The molecule has 2 aromatic carbocycles. The number of nitrogens with zero attached hydrogens (tertiary/aromatic N) is 4. The maximum atomic E-state index is 13.3. The normalized spacial score (nSPS) is 17.4. The second-order valence-corrected chi connectivity index (χ2v) is 8.90. The molecule has 8 heteroatoms. The lowest BCUT2D eigenvalue weighted by atomic mass is 10.0. The number of carboxylic acid groups (broad SMARTS) is 1. The molecule has 33 heavy (non-hydrogen) atoms. The van der Waals surface area contributed by atoms with Gasteiger partial charge >= 0.3 is 5.97 Å². The predicted octanol–water partition coefficient (Wildman–Crippen LogP) is 2.29. The van der Waals surface area contributed by atoms with Gasteiger partial charge in [-0.3, -0.25) is 19.4 Å². The number of aromatic carboxylic acids is 1. The molecule has 174 valence electrons. The lowest BCUT2D eigenvalue weighted by molar-refractivity contribution is -0.123. The SMILES string of the molecule is CN1CCC(N(C)CC(=O)N2CC(=O)N(Cc3ccccc3)c3ccc(C(=O)O)cc32)CC1. The fourth-order valence-corrected chi connectivity index (χ4v) is 4.57. The summed E-state index contributed by atoms with van der Waals surface area (Å²) >= 11 is 0. The maximum Gasteiger partial charge on any atom is 0.335 e. The number of likely N-dealkylation sites (N-methyl/N-ethyl adjacent to an activating group) is 1. The van der Waals surface area contributed by atoms with Gasteiger partial charge in [0.15, 0.2) is 0 Å². The minimum atomic E-state index is -1.07. The molecule has 0 saturated carbocycles. The van der Waals surface area contributed by atoms with Gasteiger partial charge in [0.1, 0.15) is 6.54 Å². The Labute approximate surface area is 194 Å². The summed E-state index contributed by atoms with van der Waals surface area (Å²) in [6.45, 7) is 2.41. The third-order valence-corrected chi connectivity index (χ3v) is 6.58. The summed E-state index contributed by atoms with van der Waals surface area (Å²) in [6.07, 6.45) is 1.98. The molecular formula is C25H30N4O4. The summed E-state index contributed by atoms with van der Waals surface area (Å²) in [5.41, 5.74) is 2.06. The van der Waals surface area contributed by atoms with Gasteiger partial charge in [-0.1, -0.05) is 30.3 Å². The van der Waals surface area contributed by atoms with Crippen molar-refractivity contribution in [2.75, 3.05) is 50.1 Å². The third-order valence-electron chi connectivity index (χ3n) is 6.58. The Morgan fingerprint density at radius 1 is 1.06 bits per heavy atom. The van der Waals surface area contributed by atoms with Gasteiger partial charge in [0.2, 0.25) is 11.8 Å². The van der Waals surface area contributed by atoms with Crippen molar-refractivity contribution in [3.8, 4) is 0 Å². The van der Waals surface area contributed by atoms with Crippen molar-refractivity contribution in [1.82, 2.24) is 9.80 Å². The third kappa shape index (κ3) is 5.07. The molecule has 2 amide bonds. The fraction of sp³-hybridized carbons (Fsp3) is 0.400. The Morgan fingerprint density at radius 3 is 2.42 bits per heavy atom. The first kappa shape index (κ1) is 22.9. The molecule has 0 bridgehead atoms. The monoisotopic (exact) mass is 450 g/mol. The van der Waals surface area contributed by atoms with Crippen molar-refractivity contribution >= 4 is 29.2 Å². The number of anilines is 2. The van der Waals surface area contributed by atoms with E-state index >= 15 is 0 Å². The summed E-state index contributed by atoms with van der Waals surface area (Å²) in [6, 6.07) is 14.5. The van der Waals surface area contributed by atoms with Crippen molar-refractivity contribution in [2.24, 2.45) is 0 Å². The highest BCUT2D eigenvalue weighted by molar-refractivity contribution is 6.12. The van der Waals surface area contributed by atoms with Crippen LogP contribution in [0.5, 0.6) is 0 Å². The number of piperidine rings is 1. The highest BCUT2D eigenvalue weighted by Gasteiger charge is 2.34. The van der Waals surface area contributed by atoms with Crippen LogP contribution in [-0.2, 0) is 16.1 Å². The van der Waals surface area contributed by atoms with Crippen LogP contribution in [0.1, 0.15) is 28.8 Å². The van der Waals surface area contributed by atoms with Gasteiger partial charge in [0, 0.05) is 6.04 Å². The van der Waals surface area contributed by atoms with Crippen LogP contribution in [-0.4, -0.2) is 79.0 Å². The van der Waals surface area contributed by atoms with Gasteiger partial charge in [-0.05, 0) is 63.8 Å². The highest BCUT2D eigenvalue weighted by atomic mass is 16.4. The minimum Gasteiger partial charge on any atom is -0.478 e. The van der Waals surface area contributed by atoms with Crippen molar-refractivity contribution in [3.63, 3.8) is 0 Å². The average Bonchev–Trinajstić information content (AvgIpc) is 2.81. The summed E-state index contributed by atoms with van der Waals surface area (Å²) in [5.74, 6) is -1.46. The Morgan fingerprint density at radius 2 is 1.76 bits per heavy atom. The van der Waals surface area contributed by atoms with E-state index in [1.165, 1.54) is 17.0 Å². The molecule has 4 rings (SSSR count). The van der Waals surface area contributed by atoms with Crippen LogP contribution in [0.3, 0.4) is 0 Å². The number of hydrogen-bond donors (Lipinski definition) is 1. The second kappa shape index (κ2) is 9.72. The molecule has 0 unspecified atom stereocenters. The first-order chi connectivity index (χ1) is 15.8. The molecule has 0 atom stereocenters. The Balaban J connectivity index is 1.59. The molecule has 0 spiro atoms. The van der Waals surface area contributed by atoms with Gasteiger partial charge in [-0.15, -0.1) is 0 Å². The van der Waals surface area contributed by atoms with Crippen molar-refractivity contribution in [3.05, 3.63) is 59.7 Å². The van der Waals surface area contributed by atoms with Crippen molar-refractivity contribution in [1.29, 1.82) is 0 Å². The van der Waals surface area contributed by atoms with Gasteiger partial charge in [0.25, 0.3) is 0 Å². The van der Waals surface area contributed by atoms with Gasteiger partial charge in [-0.25, -0.2) is 4.79 Å². The minimum absolute atomic E-state index is 0.0873. The van der Waals surface area contributed by atoms with Crippen LogP contribution < -0.4 is 9.80 Å². The quantitative estimate of drug-likeness (QED) is 0.727. The summed E-state index contributed by atoms with van der Waals surface area (Å²) in [4.78, 5) is 45.5. The van der Waals surface area contributed by atoms with E-state index in [-0.39, 0.29) is 30.5 Å². The number of hydrogen-bond acceptors (Lipinski definition) is 5. The van der Waals surface area contributed by atoms with Gasteiger partial charge in [0.05, 0.1) is 30.0 Å². The van der Waals surface area contributed by atoms with Gasteiger partial charge in [-0.2, -0.15) is 0 Å². The molecule has 0 aliphatic carbocycles. The molecule has 1 saturated heterocycles. The number of fused-ring (bicyclic) bond motifs is 1. The average molecular weight is 451 g/mol. The van der Waals surface area contributed by atoms with E-state index in [1.54, 1.807) is 11.0 Å². The second-order valence-electron chi connectivity index (χ2n) is 8.90. The van der Waals surface area contributed by atoms with E-state index in [2.05, 4.69) is 16.8 Å². The first-order valence-corrected chi connectivity index (χ1v) is 11.2. The van der Waals surface area contributed by atoms with Crippen molar-refractivity contribution in [2.45, 2.75) is 25.4 Å². The molecule has 1 N–H and O–H groups in total. The number of rotatable bonds is 6. The summed E-state index contributed by atoms with van der Waals surface area (Å²) < 4.78 is 0. The smallest absolute Gasteiger partial charge is 0.335 e. The molecule has 2 aliphatic rings. The maximum absolute atomic E-state index is 13.3. The molecule has 0 radical (unpaired) electrons. The number of likely N-dealkylation sites (tertiary alicyclic amines) is 1. The largest absolute Gasteiger partial charge is 0.478 e. The zero-order valence-corrected chi connectivity index (χ0v) is 19.1. The van der Waals surface area contributed by atoms with Crippen LogP contribution in [0.25, 0.3) is 0 Å². The predicted molar refractivity (Wildman–Crippen MR) is 127 cm³/mol. The van der Waals surface area contributed by atoms with E-state index < -0.39 is 5.97 Å². The van der Waals surface area contributed by atoms with E-state index in [9.17, 15) is 19.5 Å². The first-order valence-electron chi connectivity index (χ1n) is 11.2. The lowest BCUT2D eigenvalue weighted by Crippen LogP contribution is -2.52. The summed E-state index contributed by atoms with van der Waals surface area (Å²) in [5, 5.41) is 9.51. The Kier molecular flexibility index (Phi) is 6.76. The standard InChI is InChI=1S/C25H30N4O4/c1-26-12-10-20(11-13-26)27(2)16-23(30)29-17-24(31)28(15-18-6-4-3-5-7-18)21-9-8-19(25(32)33)14-22(21)29/h3-9,14,20H,10-13,15-17H2,1-2H3,(H,32,33). The van der Waals surface area contributed by atoms with E-state index in [0.717, 1.165) is 31.5 Å². The topological polar surface area (TPSA) is 84.4 Å². The number of amides is 2. The number of benzene rings is 2. The van der Waals surface area contributed by atoms with Crippen LogP contribution in [0.4, 0.5) is 11.4 Å². The molecule has 2 aliphatic heterocycles. The fourth-order valence-electron chi connectivity index (χ4n) is 4.57. The molecule has 0 aromatic heterocycles. The van der Waals surface area contributed by atoms with E-state index in [4.69, 9.17) is 0 Å². The molecule has 8 nitrogen and oxygen atoms in total. The molecular weight excluding hydrogens is 420 g/mol. The summed E-state index contributed by atoms with van der Waals surface area (Å²) in [7, 11) is 4.04. The van der Waals surface area contributed by atoms with Crippen LogP contribution in [0.2, 0.25) is 0 Å². The van der Waals surface area contributed by atoms with Crippen LogP contribution >= 0.6 is 0 Å². The Bertz CT molecular complexity index is 1030. The van der Waals surface area contributed by atoms with Crippen LogP contribution in [0.15, 0.2) is 48.5 Å². The number of carboxylic acids is 1. The highest BCUT2D eigenvalue weighted by Crippen LogP contribution is 2.36. The lowest BCUT2D eigenvalue weighted by Gasteiger charge is -2.38. The Hall–Kier alpha value is -3.23. The molecule has 2 heterocycles. The van der Waals surface area contributed by atoms with E-state index in [0.29, 0.717) is 24.0 Å². The van der Waals surface area contributed by atoms with Crippen molar-refractivity contribution < 1.29 is 19.5 Å².